The fraction of sp³-hybridized carbons (Fsp3) is 0.708. The first-order valence-corrected chi connectivity index (χ1v) is 11.6. The summed E-state index contributed by atoms with van der Waals surface area (Å²) in [4.78, 5) is 17.7. The van der Waals surface area contributed by atoms with Crippen LogP contribution in [0.15, 0.2) is 12.1 Å². The number of aryl methyl sites for hydroxylation is 1. The SMILES string of the molecule is Cc1c(NCCN2CCCC2)cc(CCC(C)(C)C)cc1N1CCN(C(=O)O)CC1. The van der Waals surface area contributed by atoms with Crippen LogP contribution in [-0.4, -0.2) is 73.4 Å². The molecule has 1 aromatic rings. The topological polar surface area (TPSA) is 59.0 Å². The summed E-state index contributed by atoms with van der Waals surface area (Å²) in [6.45, 7) is 16.2. The molecule has 0 saturated carbocycles. The van der Waals surface area contributed by atoms with E-state index in [1.165, 1.54) is 53.3 Å². The largest absolute Gasteiger partial charge is 0.465 e. The Bertz CT molecular complexity index is 715. The number of hydrogen-bond donors (Lipinski definition) is 2. The second kappa shape index (κ2) is 9.90. The van der Waals surface area contributed by atoms with Crippen LogP contribution >= 0.6 is 0 Å². The molecule has 2 N–H and O–H groups in total. The van der Waals surface area contributed by atoms with Crippen LogP contribution in [0.1, 0.15) is 51.2 Å². The van der Waals surface area contributed by atoms with Gasteiger partial charge in [0.25, 0.3) is 0 Å². The number of anilines is 2. The maximum Gasteiger partial charge on any atom is 0.407 e. The van der Waals surface area contributed by atoms with Crippen molar-refractivity contribution in [3.05, 3.63) is 23.3 Å². The van der Waals surface area contributed by atoms with Gasteiger partial charge in [-0.3, -0.25) is 0 Å². The van der Waals surface area contributed by atoms with Crippen molar-refractivity contribution in [3.8, 4) is 0 Å². The number of carbonyl (C=O) groups is 1. The molecule has 2 saturated heterocycles. The quantitative estimate of drug-likeness (QED) is 0.695. The summed E-state index contributed by atoms with van der Waals surface area (Å²) in [5.41, 5.74) is 5.45. The Morgan fingerprint density at radius 3 is 2.33 bits per heavy atom. The standard InChI is InChI=1S/C24H40N4O2/c1-19-21(25-9-12-26-10-5-6-11-26)17-20(7-8-24(2,3)4)18-22(19)27-13-15-28(16-14-27)23(29)30/h17-18,25H,5-16H2,1-4H3,(H,29,30). The molecule has 2 heterocycles. The van der Waals surface area contributed by atoms with E-state index >= 15 is 0 Å². The number of piperazine rings is 1. The van der Waals surface area contributed by atoms with Crippen LogP contribution in [0.5, 0.6) is 0 Å². The zero-order valence-electron chi connectivity index (χ0n) is 19.3. The molecule has 3 rings (SSSR count). The van der Waals surface area contributed by atoms with Crippen molar-refractivity contribution in [1.82, 2.24) is 9.80 Å². The van der Waals surface area contributed by atoms with Gasteiger partial charge in [-0.25, -0.2) is 4.79 Å². The number of hydrogen-bond acceptors (Lipinski definition) is 4. The lowest BCUT2D eigenvalue weighted by atomic mass is 9.88. The smallest absolute Gasteiger partial charge is 0.407 e. The number of nitrogens with one attached hydrogen (secondary N) is 1. The minimum Gasteiger partial charge on any atom is -0.465 e. The molecule has 0 atom stereocenters. The van der Waals surface area contributed by atoms with Gasteiger partial charge in [0, 0.05) is 50.6 Å². The number of carboxylic acid groups (broad SMARTS) is 1. The lowest BCUT2D eigenvalue weighted by Gasteiger charge is -2.36. The van der Waals surface area contributed by atoms with Crippen molar-refractivity contribution in [2.45, 2.75) is 53.4 Å². The Morgan fingerprint density at radius 1 is 1.07 bits per heavy atom. The molecular formula is C24H40N4O2. The summed E-state index contributed by atoms with van der Waals surface area (Å²) in [6.07, 6.45) is 4.05. The van der Waals surface area contributed by atoms with E-state index in [9.17, 15) is 9.90 Å². The highest BCUT2D eigenvalue weighted by Gasteiger charge is 2.23. The monoisotopic (exact) mass is 416 g/mol. The third kappa shape index (κ3) is 6.27. The van der Waals surface area contributed by atoms with Gasteiger partial charge >= 0.3 is 6.09 Å². The molecule has 1 aromatic carbocycles. The zero-order valence-corrected chi connectivity index (χ0v) is 19.3. The molecule has 2 aliphatic heterocycles. The molecular weight excluding hydrogens is 376 g/mol. The first-order chi connectivity index (χ1) is 14.2. The first kappa shape index (κ1) is 22.7. The molecule has 0 unspecified atom stereocenters. The van der Waals surface area contributed by atoms with Crippen LogP contribution in [0.2, 0.25) is 0 Å². The van der Waals surface area contributed by atoms with Gasteiger partial charge in [0.05, 0.1) is 0 Å². The summed E-state index contributed by atoms with van der Waals surface area (Å²) < 4.78 is 0. The number of likely N-dealkylation sites (tertiary alicyclic amines) is 1. The number of benzene rings is 1. The predicted octanol–water partition coefficient (Wildman–Crippen LogP) is 4.28. The molecule has 0 bridgehead atoms. The van der Waals surface area contributed by atoms with Crippen molar-refractivity contribution in [2.24, 2.45) is 5.41 Å². The van der Waals surface area contributed by atoms with E-state index in [-0.39, 0.29) is 0 Å². The van der Waals surface area contributed by atoms with Crippen molar-refractivity contribution >= 4 is 17.5 Å². The highest BCUT2D eigenvalue weighted by molar-refractivity contribution is 5.69. The third-order valence-corrected chi connectivity index (χ3v) is 6.44. The summed E-state index contributed by atoms with van der Waals surface area (Å²) in [5.74, 6) is 0. The molecule has 6 heteroatoms. The molecule has 0 aliphatic carbocycles. The molecule has 6 nitrogen and oxygen atoms in total. The zero-order chi connectivity index (χ0) is 21.7. The normalized spacial score (nSPS) is 18.1. The second-order valence-electron chi connectivity index (χ2n) is 10.1. The summed E-state index contributed by atoms with van der Waals surface area (Å²) >= 11 is 0. The van der Waals surface area contributed by atoms with E-state index < -0.39 is 6.09 Å². The minimum absolute atomic E-state index is 0.307. The van der Waals surface area contributed by atoms with E-state index in [1.807, 2.05) is 0 Å². The van der Waals surface area contributed by atoms with Crippen molar-refractivity contribution < 1.29 is 9.90 Å². The van der Waals surface area contributed by atoms with E-state index in [0.29, 0.717) is 18.5 Å². The lowest BCUT2D eigenvalue weighted by molar-refractivity contribution is 0.142. The van der Waals surface area contributed by atoms with Crippen LogP contribution in [0, 0.1) is 12.3 Å². The van der Waals surface area contributed by atoms with Gasteiger partial charge in [0.1, 0.15) is 0 Å². The Labute approximate surface area is 182 Å². The Hall–Kier alpha value is -1.95. The second-order valence-corrected chi connectivity index (χ2v) is 10.1. The highest BCUT2D eigenvalue weighted by atomic mass is 16.4. The van der Waals surface area contributed by atoms with Crippen LogP contribution < -0.4 is 10.2 Å². The fourth-order valence-electron chi connectivity index (χ4n) is 4.43. The summed E-state index contributed by atoms with van der Waals surface area (Å²) in [7, 11) is 0. The van der Waals surface area contributed by atoms with E-state index in [4.69, 9.17) is 0 Å². The van der Waals surface area contributed by atoms with Crippen LogP contribution in [0.4, 0.5) is 16.2 Å². The number of nitrogens with zero attached hydrogens (tertiary/aromatic N) is 3. The van der Waals surface area contributed by atoms with Crippen molar-refractivity contribution in [2.75, 3.05) is 62.6 Å². The minimum atomic E-state index is -0.811. The molecule has 2 aliphatic rings. The summed E-state index contributed by atoms with van der Waals surface area (Å²) in [5, 5.41) is 13.0. The Balaban J connectivity index is 1.74. The Kier molecular flexibility index (Phi) is 7.50. The van der Waals surface area contributed by atoms with E-state index in [1.54, 1.807) is 0 Å². The third-order valence-electron chi connectivity index (χ3n) is 6.44. The summed E-state index contributed by atoms with van der Waals surface area (Å²) in [6, 6.07) is 4.67. The molecule has 0 aromatic heterocycles. The van der Waals surface area contributed by atoms with Crippen molar-refractivity contribution in [3.63, 3.8) is 0 Å². The van der Waals surface area contributed by atoms with Crippen LogP contribution in [0.25, 0.3) is 0 Å². The molecule has 1 amide bonds. The highest BCUT2D eigenvalue weighted by Crippen LogP contribution is 2.32. The number of rotatable bonds is 7. The predicted molar refractivity (Wildman–Crippen MR) is 125 cm³/mol. The van der Waals surface area contributed by atoms with E-state index in [0.717, 1.165) is 39.0 Å². The molecule has 168 valence electrons. The van der Waals surface area contributed by atoms with Gasteiger partial charge < -0.3 is 25.1 Å². The lowest BCUT2D eigenvalue weighted by Crippen LogP contribution is -2.48. The van der Waals surface area contributed by atoms with E-state index in [2.05, 4.69) is 54.9 Å². The molecule has 0 radical (unpaired) electrons. The van der Waals surface area contributed by atoms with Gasteiger partial charge in [0.2, 0.25) is 0 Å². The fourth-order valence-corrected chi connectivity index (χ4v) is 4.43. The van der Waals surface area contributed by atoms with Crippen molar-refractivity contribution in [1.29, 1.82) is 0 Å². The van der Waals surface area contributed by atoms with Gasteiger partial charge in [-0.2, -0.15) is 0 Å². The van der Waals surface area contributed by atoms with Crippen LogP contribution in [0.3, 0.4) is 0 Å². The van der Waals surface area contributed by atoms with Crippen LogP contribution in [-0.2, 0) is 6.42 Å². The van der Waals surface area contributed by atoms with Gasteiger partial charge in [-0.1, -0.05) is 20.8 Å². The average Bonchev–Trinajstić information content (AvgIpc) is 3.21. The first-order valence-electron chi connectivity index (χ1n) is 11.6. The maximum atomic E-state index is 11.3. The van der Waals surface area contributed by atoms with Gasteiger partial charge in [0.15, 0.2) is 0 Å². The average molecular weight is 417 g/mol. The Morgan fingerprint density at radius 2 is 1.73 bits per heavy atom. The number of amides is 1. The molecule has 0 spiro atoms. The van der Waals surface area contributed by atoms with Gasteiger partial charge in [-0.05, 0) is 74.4 Å². The molecule has 30 heavy (non-hydrogen) atoms. The van der Waals surface area contributed by atoms with Gasteiger partial charge in [-0.15, -0.1) is 0 Å². The molecule has 2 fully saturated rings. The maximum absolute atomic E-state index is 11.3.